The lowest BCUT2D eigenvalue weighted by atomic mass is 10.2. The lowest BCUT2D eigenvalue weighted by molar-refractivity contribution is -0.115. The molecule has 2 aromatic rings. The lowest BCUT2D eigenvalue weighted by Crippen LogP contribution is -2.22. The fourth-order valence-electron chi connectivity index (χ4n) is 2.03. The first-order valence-corrected chi connectivity index (χ1v) is 8.49. The van der Waals surface area contributed by atoms with Gasteiger partial charge < -0.3 is 14.8 Å². The summed E-state index contributed by atoms with van der Waals surface area (Å²) in [5, 5.41) is 3.67. The molecule has 23 heavy (non-hydrogen) atoms. The van der Waals surface area contributed by atoms with Crippen LogP contribution in [0.25, 0.3) is 0 Å². The van der Waals surface area contributed by atoms with Gasteiger partial charge in [0.25, 0.3) is 0 Å². The van der Waals surface area contributed by atoms with Crippen LogP contribution in [0.4, 0.5) is 5.69 Å². The normalized spacial score (nSPS) is 13.7. The SMILES string of the molecule is C[C@H](Sc1cc(Cl)ccc1Cl)C(=O)Nc1ccc2c(c1)OCO2. The number of fused-ring (bicyclic) bond motifs is 1. The molecule has 4 nitrogen and oxygen atoms in total. The van der Waals surface area contributed by atoms with Crippen LogP contribution in [-0.2, 0) is 4.79 Å². The summed E-state index contributed by atoms with van der Waals surface area (Å²) >= 11 is 13.4. The number of thioether (sulfide) groups is 1. The number of hydrogen-bond acceptors (Lipinski definition) is 4. The molecule has 3 rings (SSSR count). The molecule has 0 aromatic heterocycles. The van der Waals surface area contributed by atoms with Crippen molar-refractivity contribution in [3.8, 4) is 11.5 Å². The third-order valence-electron chi connectivity index (χ3n) is 3.21. The number of anilines is 1. The molecule has 1 aliphatic rings. The molecule has 0 spiro atoms. The third kappa shape index (κ3) is 3.86. The average molecular weight is 370 g/mol. The van der Waals surface area contributed by atoms with Crippen LogP contribution < -0.4 is 14.8 Å². The van der Waals surface area contributed by atoms with Crippen LogP contribution in [0.2, 0.25) is 10.0 Å². The van der Waals surface area contributed by atoms with E-state index in [0.717, 1.165) is 4.90 Å². The smallest absolute Gasteiger partial charge is 0.237 e. The van der Waals surface area contributed by atoms with Gasteiger partial charge in [0.15, 0.2) is 11.5 Å². The van der Waals surface area contributed by atoms with Gasteiger partial charge in [0.2, 0.25) is 12.7 Å². The number of ether oxygens (including phenoxy) is 2. The summed E-state index contributed by atoms with van der Waals surface area (Å²) in [4.78, 5) is 13.1. The summed E-state index contributed by atoms with van der Waals surface area (Å²) in [5.74, 6) is 1.17. The highest BCUT2D eigenvalue weighted by Gasteiger charge is 2.18. The Labute approximate surface area is 148 Å². The third-order valence-corrected chi connectivity index (χ3v) is 5.04. The van der Waals surface area contributed by atoms with Gasteiger partial charge >= 0.3 is 0 Å². The van der Waals surface area contributed by atoms with Crippen LogP contribution in [0.5, 0.6) is 11.5 Å². The summed E-state index contributed by atoms with van der Waals surface area (Å²) in [7, 11) is 0. The van der Waals surface area contributed by atoms with E-state index in [0.29, 0.717) is 27.2 Å². The number of amides is 1. The maximum atomic E-state index is 12.3. The molecule has 0 saturated heterocycles. The van der Waals surface area contributed by atoms with E-state index in [1.54, 1.807) is 36.4 Å². The van der Waals surface area contributed by atoms with Crippen molar-refractivity contribution in [3.05, 3.63) is 46.4 Å². The first-order valence-electron chi connectivity index (χ1n) is 6.85. The van der Waals surface area contributed by atoms with Crippen molar-refractivity contribution in [2.24, 2.45) is 0 Å². The molecule has 120 valence electrons. The summed E-state index contributed by atoms with van der Waals surface area (Å²) in [5.41, 5.74) is 0.656. The number of hydrogen-bond donors (Lipinski definition) is 1. The van der Waals surface area contributed by atoms with Crippen LogP contribution in [-0.4, -0.2) is 18.0 Å². The minimum atomic E-state index is -0.337. The highest BCUT2D eigenvalue weighted by atomic mass is 35.5. The van der Waals surface area contributed by atoms with Crippen LogP contribution in [0.1, 0.15) is 6.92 Å². The Morgan fingerprint density at radius 3 is 2.78 bits per heavy atom. The van der Waals surface area contributed by atoms with Crippen molar-refractivity contribution < 1.29 is 14.3 Å². The Balaban J connectivity index is 1.67. The first-order chi connectivity index (χ1) is 11.0. The Morgan fingerprint density at radius 1 is 1.17 bits per heavy atom. The Morgan fingerprint density at radius 2 is 1.96 bits per heavy atom. The van der Waals surface area contributed by atoms with E-state index in [1.165, 1.54) is 11.8 Å². The number of rotatable bonds is 4. The monoisotopic (exact) mass is 369 g/mol. The van der Waals surface area contributed by atoms with Crippen molar-refractivity contribution in [1.29, 1.82) is 0 Å². The fourth-order valence-corrected chi connectivity index (χ4v) is 3.44. The van der Waals surface area contributed by atoms with Crippen LogP contribution in [0, 0.1) is 0 Å². The Bertz CT molecular complexity index is 754. The molecule has 1 amide bonds. The molecule has 0 radical (unpaired) electrons. The van der Waals surface area contributed by atoms with E-state index in [9.17, 15) is 4.79 Å². The topological polar surface area (TPSA) is 47.6 Å². The first kappa shape index (κ1) is 16.3. The van der Waals surface area contributed by atoms with Gasteiger partial charge in [-0.3, -0.25) is 4.79 Å². The van der Waals surface area contributed by atoms with Crippen LogP contribution >= 0.6 is 35.0 Å². The summed E-state index contributed by atoms with van der Waals surface area (Å²) in [6, 6.07) is 10.5. The predicted molar refractivity (Wildman–Crippen MR) is 93.0 cm³/mol. The number of carbonyl (C=O) groups is 1. The minimum absolute atomic E-state index is 0.134. The van der Waals surface area contributed by atoms with Gasteiger partial charge in [-0.25, -0.2) is 0 Å². The highest BCUT2D eigenvalue weighted by molar-refractivity contribution is 8.00. The molecular weight excluding hydrogens is 357 g/mol. The molecular formula is C16H13Cl2NO3S. The molecule has 0 unspecified atom stereocenters. The molecule has 2 aromatic carbocycles. The molecule has 1 heterocycles. The maximum Gasteiger partial charge on any atom is 0.237 e. The van der Waals surface area contributed by atoms with E-state index >= 15 is 0 Å². The van der Waals surface area contributed by atoms with Crippen molar-refractivity contribution in [2.45, 2.75) is 17.1 Å². The number of nitrogens with one attached hydrogen (secondary N) is 1. The average Bonchev–Trinajstić information content (AvgIpc) is 2.98. The van der Waals surface area contributed by atoms with Gasteiger partial charge in [0.05, 0.1) is 10.3 Å². The standard InChI is InChI=1S/C16H13Cl2NO3S/c1-9(23-15-6-10(17)2-4-12(15)18)16(20)19-11-3-5-13-14(7-11)22-8-21-13/h2-7,9H,8H2,1H3,(H,19,20)/t9-/m0/s1. The minimum Gasteiger partial charge on any atom is -0.454 e. The summed E-state index contributed by atoms with van der Waals surface area (Å²) < 4.78 is 10.5. The zero-order valence-electron chi connectivity index (χ0n) is 12.1. The van der Waals surface area contributed by atoms with Gasteiger partial charge in [0.1, 0.15) is 0 Å². The summed E-state index contributed by atoms with van der Waals surface area (Å²) in [6.07, 6.45) is 0. The number of halogens is 2. The predicted octanol–water partition coefficient (Wildman–Crippen LogP) is 4.84. The quantitative estimate of drug-likeness (QED) is 0.783. The van der Waals surface area contributed by atoms with Crippen molar-refractivity contribution in [1.82, 2.24) is 0 Å². The number of benzene rings is 2. The molecule has 7 heteroatoms. The van der Waals surface area contributed by atoms with E-state index in [1.807, 2.05) is 6.92 Å². The molecule has 1 atom stereocenters. The highest BCUT2D eigenvalue weighted by Crippen LogP contribution is 2.35. The second-order valence-electron chi connectivity index (χ2n) is 4.89. The Hall–Kier alpha value is -1.56. The van der Waals surface area contributed by atoms with Crippen LogP contribution in [0.15, 0.2) is 41.3 Å². The molecule has 0 bridgehead atoms. The number of carbonyl (C=O) groups excluding carboxylic acids is 1. The van der Waals surface area contributed by atoms with E-state index in [-0.39, 0.29) is 18.0 Å². The van der Waals surface area contributed by atoms with E-state index < -0.39 is 0 Å². The van der Waals surface area contributed by atoms with Crippen molar-refractivity contribution >= 4 is 46.6 Å². The second kappa shape index (κ2) is 6.91. The van der Waals surface area contributed by atoms with Gasteiger partial charge in [-0.05, 0) is 37.3 Å². The lowest BCUT2D eigenvalue weighted by Gasteiger charge is -2.13. The van der Waals surface area contributed by atoms with Gasteiger partial charge in [-0.1, -0.05) is 23.2 Å². The molecule has 0 aliphatic carbocycles. The van der Waals surface area contributed by atoms with E-state index in [4.69, 9.17) is 32.7 Å². The largest absolute Gasteiger partial charge is 0.454 e. The summed E-state index contributed by atoms with van der Waals surface area (Å²) in [6.45, 7) is 2.01. The molecule has 0 saturated carbocycles. The Kier molecular flexibility index (Phi) is 4.90. The van der Waals surface area contributed by atoms with Crippen molar-refractivity contribution in [3.63, 3.8) is 0 Å². The van der Waals surface area contributed by atoms with Crippen LogP contribution in [0.3, 0.4) is 0 Å². The molecule has 1 N–H and O–H groups in total. The van der Waals surface area contributed by atoms with Gasteiger partial charge in [-0.2, -0.15) is 0 Å². The van der Waals surface area contributed by atoms with Gasteiger partial charge in [-0.15, -0.1) is 11.8 Å². The van der Waals surface area contributed by atoms with Crippen molar-refractivity contribution in [2.75, 3.05) is 12.1 Å². The fraction of sp³-hybridized carbons (Fsp3) is 0.188. The zero-order chi connectivity index (χ0) is 16.4. The molecule has 0 fully saturated rings. The maximum absolute atomic E-state index is 12.3. The second-order valence-corrected chi connectivity index (χ2v) is 7.12. The zero-order valence-corrected chi connectivity index (χ0v) is 14.5. The van der Waals surface area contributed by atoms with E-state index in [2.05, 4.69) is 5.32 Å². The van der Waals surface area contributed by atoms with Gasteiger partial charge in [0, 0.05) is 21.7 Å². The molecule has 1 aliphatic heterocycles.